The number of piperidine rings is 1. The van der Waals surface area contributed by atoms with Gasteiger partial charge in [-0.3, -0.25) is 5.41 Å². The van der Waals surface area contributed by atoms with Crippen molar-refractivity contribution in [1.29, 1.82) is 5.41 Å². The molecule has 0 aliphatic carbocycles. The number of rotatable bonds is 3. The van der Waals surface area contributed by atoms with E-state index >= 15 is 0 Å². The lowest BCUT2D eigenvalue weighted by Crippen LogP contribution is -2.35. The second kappa shape index (κ2) is 5.17. The first-order valence-corrected chi connectivity index (χ1v) is 6.26. The Morgan fingerprint density at radius 2 is 2.41 bits per heavy atom. The number of aromatic nitrogens is 1. The average Bonchev–Trinajstić information content (AvgIpc) is 2.39. The van der Waals surface area contributed by atoms with Crippen LogP contribution in [0.1, 0.15) is 31.7 Å². The van der Waals surface area contributed by atoms with E-state index in [0.29, 0.717) is 5.56 Å². The smallest absolute Gasteiger partial charge is 0.128 e. The van der Waals surface area contributed by atoms with E-state index in [4.69, 9.17) is 11.1 Å². The highest BCUT2D eigenvalue weighted by atomic mass is 15.2. The summed E-state index contributed by atoms with van der Waals surface area (Å²) in [7, 11) is 0. The van der Waals surface area contributed by atoms with E-state index in [1.807, 2.05) is 12.1 Å². The van der Waals surface area contributed by atoms with Crippen molar-refractivity contribution in [2.75, 3.05) is 18.0 Å². The van der Waals surface area contributed by atoms with Crippen LogP contribution < -0.4 is 10.6 Å². The first-order chi connectivity index (χ1) is 8.20. The van der Waals surface area contributed by atoms with Crippen molar-refractivity contribution >= 4 is 11.7 Å². The number of pyridine rings is 1. The normalized spacial score (nSPS) is 20.3. The predicted octanol–water partition coefficient (Wildman–Crippen LogP) is 1.99. The lowest BCUT2D eigenvalue weighted by atomic mass is 9.96. The molecule has 0 aromatic carbocycles. The molecule has 4 nitrogen and oxygen atoms in total. The molecule has 1 aliphatic rings. The van der Waals surface area contributed by atoms with Crippen molar-refractivity contribution in [2.45, 2.75) is 26.2 Å². The molecule has 1 saturated heterocycles. The topological polar surface area (TPSA) is 66.0 Å². The Labute approximate surface area is 102 Å². The van der Waals surface area contributed by atoms with Crippen LogP contribution in [0.5, 0.6) is 0 Å². The lowest BCUT2D eigenvalue weighted by Gasteiger charge is -2.33. The largest absolute Gasteiger partial charge is 0.384 e. The standard InChI is InChI=1S/C13H20N4/c1-2-10-4-3-7-17(9-10)12-6-5-11(8-16-12)13(14)15/h5-6,8,10H,2-4,7,9H2,1H3,(H3,14,15). The second-order valence-corrected chi connectivity index (χ2v) is 4.68. The molecule has 1 unspecified atom stereocenters. The molecular weight excluding hydrogens is 212 g/mol. The summed E-state index contributed by atoms with van der Waals surface area (Å²) >= 11 is 0. The molecular formula is C13H20N4. The van der Waals surface area contributed by atoms with Gasteiger partial charge in [0.1, 0.15) is 11.7 Å². The Hall–Kier alpha value is -1.58. The van der Waals surface area contributed by atoms with Crippen LogP contribution in [0.15, 0.2) is 18.3 Å². The van der Waals surface area contributed by atoms with Crippen molar-refractivity contribution in [3.8, 4) is 0 Å². The van der Waals surface area contributed by atoms with E-state index in [-0.39, 0.29) is 5.84 Å². The predicted molar refractivity (Wildman–Crippen MR) is 70.5 cm³/mol. The number of nitrogen functional groups attached to an aromatic ring is 1. The Bertz CT molecular complexity index is 385. The molecule has 1 atom stereocenters. The monoisotopic (exact) mass is 232 g/mol. The zero-order chi connectivity index (χ0) is 12.3. The van der Waals surface area contributed by atoms with Crippen LogP contribution in [0.2, 0.25) is 0 Å². The molecule has 4 heteroatoms. The summed E-state index contributed by atoms with van der Waals surface area (Å²) < 4.78 is 0. The Morgan fingerprint density at radius 3 is 3.00 bits per heavy atom. The minimum Gasteiger partial charge on any atom is -0.384 e. The summed E-state index contributed by atoms with van der Waals surface area (Å²) in [6, 6.07) is 3.84. The fourth-order valence-electron chi connectivity index (χ4n) is 2.34. The summed E-state index contributed by atoms with van der Waals surface area (Å²) in [5, 5.41) is 7.34. The third kappa shape index (κ3) is 2.75. The third-order valence-corrected chi connectivity index (χ3v) is 3.48. The summed E-state index contributed by atoms with van der Waals surface area (Å²) in [5.41, 5.74) is 6.11. The van der Waals surface area contributed by atoms with Gasteiger partial charge in [0.05, 0.1) is 0 Å². The molecule has 1 aromatic rings. The third-order valence-electron chi connectivity index (χ3n) is 3.48. The highest BCUT2D eigenvalue weighted by Gasteiger charge is 2.19. The fourth-order valence-corrected chi connectivity index (χ4v) is 2.34. The van der Waals surface area contributed by atoms with E-state index in [0.717, 1.165) is 24.8 Å². The number of hydrogen-bond donors (Lipinski definition) is 2. The molecule has 0 radical (unpaired) electrons. The van der Waals surface area contributed by atoms with Crippen molar-refractivity contribution in [1.82, 2.24) is 4.98 Å². The highest BCUT2D eigenvalue weighted by Crippen LogP contribution is 2.23. The molecule has 2 rings (SSSR count). The van der Waals surface area contributed by atoms with Gasteiger partial charge in [-0.05, 0) is 30.9 Å². The number of hydrogen-bond acceptors (Lipinski definition) is 3. The Morgan fingerprint density at radius 1 is 1.59 bits per heavy atom. The number of nitrogens with one attached hydrogen (secondary N) is 1. The van der Waals surface area contributed by atoms with E-state index in [1.54, 1.807) is 6.20 Å². The number of nitrogens with zero attached hydrogens (tertiary/aromatic N) is 2. The molecule has 1 aliphatic heterocycles. The summed E-state index contributed by atoms with van der Waals surface area (Å²) in [5.74, 6) is 1.88. The van der Waals surface area contributed by atoms with Crippen LogP contribution in [-0.2, 0) is 0 Å². The van der Waals surface area contributed by atoms with E-state index in [9.17, 15) is 0 Å². The lowest BCUT2D eigenvalue weighted by molar-refractivity contribution is 0.403. The van der Waals surface area contributed by atoms with Gasteiger partial charge in [-0.2, -0.15) is 0 Å². The van der Waals surface area contributed by atoms with E-state index in [1.165, 1.54) is 19.3 Å². The minimum absolute atomic E-state index is 0.0779. The zero-order valence-electron chi connectivity index (χ0n) is 10.3. The maximum Gasteiger partial charge on any atom is 0.128 e. The van der Waals surface area contributed by atoms with Gasteiger partial charge in [0.15, 0.2) is 0 Å². The van der Waals surface area contributed by atoms with Gasteiger partial charge in [-0.1, -0.05) is 13.3 Å². The molecule has 92 valence electrons. The summed E-state index contributed by atoms with van der Waals surface area (Å²) in [6.45, 7) is 4.44. The second-order valence-electron chi connectivity index (χ2n) is 4.68. The molecule has 1 fully saturated rings. The van der Waals surface area contributed by atoms with Crippen LogP contribution in [0.3, 0.4) is 0 Å². The summed E-state index contributed by atoms with van der Waals surface area (Å²) in [4.78, 5) is 6.73. The van der Waals surface area contributed by atoms with Crippen LogP contribution in [0.25, 0.3) is 0 Å². The zero-order valence-corrected chi connectivity index (χ0v) is 10.3. The van der Waals surface area contributed by atoms with E-state index in [2.05, 4.69) is 16.8 Å². The van der Waals surface area contributed by atoms with Crippen molar-refractivity contribution in [2.24, 2.45) is 11.7 Å². The van der Waals surface area contributed by atoms with Gasteiger partial charge in [-0.15, -0.1) is 0 Å². The van der Waals surface area contributed by atoms with Gasteiger partial charge in [0.2, 0.25) is 0 Å². The highest BCUT2D eigenvalue weighted by molar-refractivity contribution is 5.94. The van der Waals surface area contributed by atoms with Crippen molar-refractivity contribution in [3.63, 3.8) is 0 Å². The van der Waals surface area contributed by atoms with Crippen LogP contribution >= 0.6 is 0 Å². The van der Waals surface area contributed by atoms with E-state index < -0.39 is 0 Å². The molecule has 3 N–H and O–H groups in total. The average molecular weight is 232 g/mol. The van der Waals surface area contributed by atoms with Crippen molar-refractivity contribution in [3.05, 3.63) is 23.9 Å². The molecule has 0 bridgehead atoms. The Balaban J connectivity index is 2.08. The summed E-state index contributed by atoms with van der Waals surface area (Å²) in [6.07, 6.45) is 5.50. The molecule has 0 saturated carbocycles. The molecule has 0 amide bonds. The van der Waals surface area contributed by atoms with Gasteiger partial charge < -0.3 is 10.6 Å². The fraction of sp³-hybridized carbons (Fsp3) is 0.538. The van der Waals surface area contributed by atoms with Crippen LogP contribution in [0.4, 0.5) is 5.82 Å². The first-order valence-electron chi connectivity index (χ1n) is 6.26. The van der Waals surface area contributed by atoms with Gasteiger partial charge in [0.25, 0.3) is 0 Å². The maximum absolute atomic E-state index is 7.34. The Kier molecular flexibility index (Phi) is 3.61. The van der Waals surface area contributed by atoms with Crippen LogP contribution in [0, 0.1) is 11.3 Å². The van der Waals surface area contributed by atoms with Gasteiger partial charge in [0, 0.05) is 24.8 Å². The van der Waals surface area contributed by atoms with Gasteiger partial charge in [-0.25, -0.2) is 4.98 Å². The minimum atomic E-state index is 0.0779. The molecule has 17 heavy (non-hydrogen) atoms. The number of amidine groups is 1. The SMILES string of the molecule is CCC1CCCN(c2ccc(C(=N)N)cn2)C1. The molecule has 1 aromatic heterocycles. The molecule has 2 heterocycles. The van der Waals surface area contributed by atoms with Crippen molar-refractivity contribution < 1.29 is 0 Å². The maximum atomic E-state index is 7.34. The first kappa shape index (κ1) is 11.9. The van der Waals surface area contributed by atoms with Gasteiger partial charge >= 0.3 is 0 Å². The number of anilines is 1. The van der Waals surface area contributed by atoms with Crippen LogP contribution in [-0.4, -0.2) is 23.9 Å². The quantitative estimate of drug-likeness (QED) is 0.618. The molecule has 0 spiro atoms. The number of nitrogens with two attached hydrogens (primary N) is 1.